The lowest BCUT2D eigenvalue weighted by atomic mass is 10.1. The molecule has 14 nitrogen and oxygen atoms in total. The monoisotopic (exact) mass is 457 g/mol. The van der Waals surface area contributed by atoms with Gasteiger partial charge in [0.2, 0.25) is 0 Å². The van der Waals surface area contributed by atoms with Crippen LogP contribution in [-0.2, 0) is 34.7 Å². The number of phosphoric ester groups is 1. The van der Waals surface area contributed by atoms with Crippen LogP contribution in [0.2, 0.25) is 0 Å². The van der Waals surface area contributed by atoms with E-state index in [2.05, 4.69) is 35.6 Å². The molecule has 156 valence electrons. The third kappa shape index (κ3) is 4.56. The Balaban J connectivity index is 1.79. The Labute approximate surface area is 162 Å². The first kappa shape index (κ1) is 21.6. The van der Waals surface area contributed by atoms with Gasteiger partial charge in [-0.1, -0.05) is 0 Å². The van der Waals surface area contributed by atoms with Crippen molar-refractivity contribution in [2.45, 2.75) is 24.5 Å². The highest BCUT2D eigenvalue weighted by Crippen LogP contribution is 2.58. The van der Waals surface area contributed by atoms with Crippen molar-refractivity contribution in [3.05, 3.63) is 12.7 Å². The van der Waals surface area contributed by atoms with Gasteiger partial charge >= 0.3 is 14.5 Å². The third-order valence-electron chi connectivity index (χ3n) is 3.86. The summed E-state index contributed by atoms with van der Waals surface area (Å²) in [6.07, 6.45) is -1.65. The molecule has 17 heteroatoms. The molecule has 1 saturated heterocycles. The predicted octanol–water partition coefficient (Wildman–Crippen LogP) is -0.976. The molecule has 0 saturated carbocycles. The van der Waals surface area contributed by atoms with Crippen LogP contribution in [0.25, 0.3) is 11.2 Å². The topological polar surface area (TPSA) is 205 Å². The van der Waals surface area contributed by atoms with E-state index in [1.54, 1.807) is 0 Å². The summed E-state index contributed by atoms with van der Waals surface area (Å²) in [5.74, 6) is 0.151. The van der Waals surface area contributed by atoms with E-state index in [1.807, 2.05) is 0 Å². The van der Waals surface area contributed by atoms with E-state index < -0.39 is 45.7 Å². The molecule has 28 heavy (non-hydrogen) atoms. The number of rotatable bonds is 7. The number of hydrogen-bond donors (Lipinski definition) is 5. The van der Waals surface area contributed by atoms with Crippen LogP contribution in [0.3, 0.4) is 0 Å². The maximum atomic E-state index is 11.7. The maximum absolute atomic E-state index is 11.7. The first-order valence-corrected chi connectivity index (χ1v) is 11.7. The van der Waals surface area contributed by atoms with Gasteiger partial charge in [0.05, 0.1) is 12.9 Å². The van der Waals surface area contributed by atoms with E-state index in [0.29, 0.717) is 11.2 Å². The third-order valence-corrected chi connectivity index (χ3v) is 6.61. The molecule has 1 unspecified atom stereocenters. The molecule has 1 aliphatic rings. The second-order valence-corrected chi connectivity index (χ2v) is 9.93. The van der Waals surface area contributed by atoms with Crippen LogP contribution in [0.5, 0.6) is 0 Å². The van der Waals surface area contributed by atoms with Crippen molar-refractivity contribution in [3.8, 4) is 0 Å². The lowest BCUT2D eigenvalue weighted by molar-refractivity contribution is -0.0576. The van der Waals surface area contributed by atoms with Crippen LogP contribution in [0.1, 0.15) is 6.23 Å². The van der Waals surface area contributed by atoms with Crippen LogP contribution in [0.15, 0.2) is 12.7 Å². The van der Waals surface area contributed by atoms with Crippen LogP contribution < -0.4 is 5.73 Å². The predicted molar refractivity (Wildman–Crippen MR) is 96.0 cm³/mol. The molecule has 0 amide bonds. The fourth-order valence-corrected chi connectivity index (χ4v) is 5.07. The average molecular weight is 457 g/mol. The lowest BCUT2D eigenvalue weighted by Crippen LogP contribution is -2.35. The first-order chi connectivity index (χ1) is 13.0. The van der Waals surface area contributed by atoms with Crippen molar-refractivity contribution >= 4 is 43.3 Å². The summed E-state index contributed by atoms with van der Waals surface area (Å²) in [6, 6.07) is 0. The molecule has 0 aliphatic carbocycles. The largest absolute Gasteiger partial charge is 0.479 e. The number of ether oxygens (including phenoxy) is 2. The van der Waals surface area contributed by atoms with Crippen molar-refractivity contribution in [3.63, 3.8) is 0 Å². The van der Waals surface area contributed by atoms with Gasteiger partial charge in [-0.3, -0.25) is 9.09 Å². The zero-order valence-corrected chi connectivity index (χ0v) is 16.8. The molecule has 3 rings (SSSR count). The van der Waals surface area contributed by atoms with Gasteiger partial charge in [0.15, 0.2) is 17.7 Å². The molecule has 0 spiro atoms. The Morgan fingerprint density at radius 2 is 2.07 bits per heavy atom. The number of nitrogens with zero attached hydrogens (tertiary/aromatic N) is 4. The summed E-state index contributed by atoms with van der Waals surface area (Å²) in [5.41, 5.74) is 6.39. The van der Waals surface area contributed by atoms with Crippen LogP contribution in [0.4, 0.5) is 5.82 Å². The standard InChI is InChI=1S/C11H17N5O9P2S/c1-22-8-7(17)5(2-23-26(18,19)25-27(20,21)28)24-11(8)16-4-15-6-9(12)13-3-14-10(6)16/h3-5,7-8,11,17H,2H2,1H3,(H,18,19)(H2,12,13,14)(H2,20,21,28)/t5-,7-,8-,11-/m1/s1. The quantitative estimate of drug-likeness (QED) is 0.317. The molecule has 1 fully saturated rings. The van der Waals surface area contributed by atoms with E-state index in [-0.39, 0.29) is 5.82 Å². The van der Waals surface area contributed by atoms with Gasteiger partial charge < -0.3 is 35.0 Å². The van der Waals surface area contributed by atoms with Crippen LogP contribution in [-0.4, -0.2) is 71.3 Å². The number of aliphatic hydroxyl groups excluding tert-OH is 1. The number of imidazole rings is 1. The number of fused-ring (bicyclic) bond motifs is 1. The average Bonchev–Trinajstić information content (AvgIpc) is 3.12. The lowest BCUT2D eigenvalue weighted by Gasteiger charge is -2.19. The molecule has 0 aromatic carbocycles. The molecular formula is C11H17N5O9P2S. The highest BCUT2D eigenvalue weighted by Gasteiger charge is 2.47. The second kappa shape index (κ2) is 7.97. The fourth-order valence-electron chi connectivity index (χ4n) is 2.72. The summed E-state index contributed by atoms with van der Waals surface area (Å²) >= 11 is 4.13. The smallest absolute Gasteiger partial charge is 0.387 e. The molecular weight excluding hydrogens is 440 g/mol. The zero-order valence-electron chi connectivity index (χ0n) is 14.2. The summed E-state index contributed by atoms with van der Waals surface area (Å²) in [7, 11) is -3.55. The Morgan fingerprint density at radius 1 is 1.36 bits per heavy atom. The molecule has 2 aromatic rings. The van der Waals surface area contributed by atoms with Crippen molar-refractivity contribution in [1.82, 2.24) is 19.5 Å². The summed E-state index contributed by atoms with van der Waals surface area (Å²) in [5, 5.41) is 10.4. The van der Waals surface area contributed by atoms with Gasteiger partial charge in [-0.15, -0.1) is 0 Å². The highest BCUT2D eigenvalue weighted by atomic mass is 32.5. The number of aliphatic hydroxyl groups is 1. The normalized spacial score (nSPS) is 27.9. The molecule has 6 N–H and O–H groups in total. The van der Waals surface area contributed by atoms with Gasteiger partial charge in [-0.25, -0.2) is 23.8 Å². The zero-order chi connectivity index (χ0) is 20.7. The van der Waals surface area contributed by atoms with Gasteiger partial charge in [0.25, 0.3) is 0 Å². The molecule has 0 bridgehead atoms. The van der Waals surface area contributed by atoms with E-state index in [4.69, 9.17) is 25.0 Å². The van der Waals surface area contributed by atoms with Gasteiger partial charge in [0.1, 0.15) is 30.2 Å². The highest BCUT2D eigenvalue weighted by molar-refractivity contribution is 8.08. The molecule has 2 aromatic heterocycles. The molecule has 1 aliphatic heterocycles. The maximum Gasteiger partial charge on any atom is 0.479 e. The number of nitrogens with two attached hydrogens (primary N) is 1. The Morgan fingerprint density at radius 3 is 2.71 bits per heavy atom. The van der Waals surface area contributed by atoms with Crippen LogP contribution in [0, 0.1) is 0 Å². The van der Waals surface area contributed by atoms with E-state index in [9.17, 15) is 14.6 Å². The Bertz CT molecular complexity index is 954. The SMILES string of the molecule is CO[C@@H]1[C@H](O)[C@@H](COP(=O)(O)OP(O)(O)=S)O[C@H]1n1cnc2c(N)ncnc21. The number of phosphoric acid groups is 1. The first-order valence-electron chi connectivity index (χ1n) is 7.56. The summed E-state index contributed by atoms with van der Waals surface area (Å²) in [6.45, 7) is -5.07. The minimum absolute atomic E-state index is 0.151. The number of nitrogen functional groups attached to an aromatic ring is 1. The number of anilines is 1. The molecule has 3 heterocycles. The second-order valence-electron chi connectivity index (χ2n) is 5.68. The Kier molecular flexibility index (Phi) is 6.15. The van der Waals surface area contributed by atoms with Crippen LogP contribution >= 0.6 is 14.5 Å². The van der Waals surface area contributed by atoms with Gasteiger partial charge in [0, 0.05) is 7.11 Å². The number of methoxy groups -OCH3 is 1. The summed E-state index contributed by atoms with van der Waals surface area (Å²) < 4.78 is 32.8. The molecule has 5 atom stereocenters. The van der Waals surface area contributed by atoms with Crippen molar-refractivity contribution < 1.29 is 42.7 Å². The van der Waals surface area contributed by atoms with E-state index >= 15 is 0 Å². The van der Waals surface area contributed by atoms with Crippen molar-refractivity contribution in [2.75, 3.05) is 19.5 Å². The minimum atomic E-state index is -4.89. The minimum Gasteiger partial charge on any atom is -0.387 e. The fraction of sp³-hybridized carbons (Fsp3) is 0.545. The van der Waals surface area contributed by atoms with Gasteiger partial charge in [-0.2, -0.15) is 0 Å². The Hall–Kier alpha value is -1.09. The number of hydrogen-bond acceptors (Lipinski definition) is 11. The van der Waals surface area contributed by atoms with Gasteiger partial charge in [-0.05, 0) is 11.8 Å². The van der Waals surface area contributed by atoms with E-state index in [0.717, 1.165) is 0 Å². The molecule has 0 radical (unpaired) electrons. The van der Waals surface area contributed by atoms with Crippen molar-refractivity contribution in [2.24, 2.45) is 0 Å². The summed E-state index contributed by atoms with van der Waals surface area (Å²) in [4.78, 5) is 39.5. The van der Waals surface area contributed by atoms with Crippen molar-refractivity contribution in [1.29, 1.82) is 0 Å². The number of aromatic nitrogens is 4. The van der Waals surface area contributed by atoms with E-state index in [1.165, 1.54) is 24.3 Å².